The van der Waals surface area contributed by atoms with Gasteiger partial charge in [-0.1, -0.05) is 47.5 Å². The number of rotatable bonds is 7. The van der Waals surface area contributed by atoms with E-state index in [0.717, 1.165) is 5.56 Å². The summed E-state index contributed by atoms with van der Waals surface area (Å²) >= 11 is 12.2. The molecule has 0 spiro atoms. The average Bonchev–Trinajstić information content (AvgIpc) is 3.29. The van der Waals surface area contributed by atoms with Gasteiger partial charge < -0.3 is 14.2 Å². The fourth-order valence-corrected chi connectivity index (χ4v) is 3.93. The van der Waals surface area contributed by atoms with Gasteiger partial charge in [0.2, 0.25) is 0 Å². The van der Waals surface area contributed by atoms with Crippen LogP contribution in [0, 0.1) is 0 Å². The lowest BCUT2D eigenvalue weighted by molar-refractivity contribution is 0.0549. The van der Waals surface area contributed by atoms with Gasteiger partial charge in [-0.3, -0.25) is 0 Å². The lowest BCUT2D eigenvalue weighted by Gasteiger charge is -2.09. The molecule has 4 rings (SSSR count). The van der Waals surface area contributed by atoms with Gasteiger partial charge in [-0.2, -0.15) is 5.10 Å². The number of hydrogen-bond donors (Lipinski definition) is 0. The molecule has 35 heavy (non-hydrogen) atoms. The number of esters is 2. The topological polar surface area (TPSA) is 79.7 Å². The van der Waals surface area contributed by atoms with E-state index in [-0.39, 0.29) is 23.6 Å². The molecule has 9 heteroatoms. The van der Waals surface area contributed by atoms with Gasteiger partial charge in [0, 0.05) is 21.2 Å². The van der Waals surface area contributed by atoms with Crippen molar-refractivity contribution in [1.82, 2.24) is 9.78 Å². The molecule has 178 valence electrons. The zero-order chi connectivity index (χ0) is 24.9. The number of aromatic nitrogens is 2. The Labute approximate surface area is 211 Å². The van der Waals surface area contributed by atoms with Crippen LogP contribution in [0.5, 0.6) is 5.75 Å². The highest BCUT2D eigenvalue weighted by Gasteiger charge is 2.31. The molecule has 0 aliphatic rings. The Morgan fingerprint density at radius 1 is 0.886 bits per heavy atom. The van der Waals surface area contributed by atoms with Gasteiger partial charge in [-0.25, -0.2) is 14.3 Å². The summed E-state index contributed by atoms with van der Waals surface area (Å²) in [5.41, 5.74) is 2.21. The summed E-state index contributed by atoms with van der Waals surface area (Å²) < 4.78 is 17.1. The van der Waals surface area contributed by atoms with Crippen LogP contribution < -0.4 is 4.74 Å². The van der Waals surface area contributed by atoms with Crippen molar-refractivity contribution >= 4 is 35.1 Å². The number of methoxy groups -OCH3 is 2. The number of hydrogen-bond acceptors (Lipinski definition) is 6. The Morgan fingerprint density at radius 2 is 1.57 bits per heavy atom. The molecule has 3 aromatic carbocycles. The summed E-state index contributed by atoms with van der Waals surface area (Å²) in [6.07, 6.45) is 0. The van der Waals surface area contributed by atoms with E-state index >= 15 is 0 Å². The highest BCUT2D eigenvalue weighted by atomic mass is 35.5. The maximum atomic E-state index is 12.7. The van der Waals surface area contributed by atoms with Crippen LogP contribution in [0.1, 0.15) is 26.4 Å². The number of carbonyl (C=O) groups is 2. The molecule has 0 bridgehead atoms. The quantitative estimate of drug-likeness (QED) is 0.283. The van der Waals surface area contributed by atoms with Gasteiger partial charge in [-0.05, 0) is 48.5 Å². The summed E-state index contributed by atoms with van der Waals surface area (Å²) in [5, 5.41) is 5.64. The van der Waals surface area contributed by atoms with Crippen LogP contribution in [0.2, 0.25) is 10.0 Å². The van der Waals surface area contributed by atoms with E-state index in [1.807, 2.05) is 6.07 Å². The van der Waals surface area contributed by atoms with Crippen LogP contribution in [-0.2, 0) is 16.1 Å². The molecule has 0 N–H and O–H groups in total. The smallest absolute Gasteiger partial charge is 0.357 e. The first-order chi connectivity index (χ1) is 16.9. The molecule has 0 fully saturated rings. The molecule has 4 aromatic rings. The molecule has 1 aromatic heterocycles. The first kappa shape index (κ1) is 24.3. The normalized spacial score (nSPS) is 10.6. The van der Waals surface area contributed by atoms with E-state index in [0.29, 0.717) is 27.0 Å². The van der Waals surface area contributed by atoms with Crippen molar-refractivity contribution in [2.24, 2.45) is 0 Å². The SMILES string of the molecule is COC(=O)c1c(-c2ccc(OCc3ccc(Cl)cc3Cl)cc2)nn(-c2ccccc2)c1C(=O)OC. The predicted molar refractivity (Wildman–Crippen MR) is 132 cm³/mol. The molecule has 0 saturated heterocycles. The van der Waals surface area contributed by atoms with Crippen molar-refractivity contribution in [3.63, 3.8) is 0 Å². The zero-order valence-electron chi connectivity index (χ0n) is 18.8. The van der Waals surface area contributed by atoms with E-state index in [1.54, 1.807) is 66.7 Å². The Bertz CT molecular complexity index is 1370. The Balaban J connectivity index is 1.71. The highest BCUT2D eigenvalue weighted by molar-refractivity contribution is 6.35. The van der Waals surface area contributed by atoms with E-state index in [2.05, 4.69) is 5.10 Å². The van der Waals surface area contributed by atoms with E-state index < -0.39 is 11.9 Å². The number of para-hydroxylation sites is 1. The molecular formula is C26H20Cl2N2O5. The second kappa shape index (κ2) is 10.6. The van der Waals surface area contributed by atoms with E-state index in [1.165, 1.54) is 18.9 Å². The van der Waals surface area contributed by atoms with Crippen molar-refractivity contribution in [3.05, 3.63) is 99.7 Å². The molecule has 0 aliphatic heterocycles. The zero-order valence-corrected chi connectivity index (χ0v) is 20.3. The molecule has 0 saturated carbocycles. The number of nitrogens with zero attached hydrogens (tertiary/aromatic N) is 2. The fourth-order valence-electron chi connectivity index (χ4n) is 3.47. The first-order valence-electron chi connectivity index (χ1n) is 10.4. The minimum atomic E-state index is -0.715. The van der Waals surface area contributed by atoms with Gasteiger partial charge in [0.25, 0.3) is 0 Å². The van der Waals surface area contributed by atoms with Crippen molar-refractivity contribution in [1.29, 1.82) is 0 Å². The largest absolute Gasteiger partial charge is 0.489 e. The van der Waals surface area contributed by atoms with Crippen LogP contribution >= 0.6 is 23.2 Å². The molecule has 1 heterocycles. The molecule has 0 aliphatic carbocycles. The van der Waals surface area contributed by atoms with Crippen molar-refractivity contribution in [2.75, 3.05) is 14.2 Å². The molecular weight excluding hydrogens is 491 g/mol. The maximum Gasteiger partial charge on any atom is 0.357 e. The predicted octanol–water partition coefficient (Wildman–Crippen LogP) is 6.00. The van der Waals surface area contributed by atoms with Gasteiger partial charge in [0.1, 0.15) is 23.6 Å². The minimum Gasteiger partial charge on any atom is -0.489 e. The van der Waals surface area contributed by atoms with Crippen LogP contribution in [0.25, 0.3) is 16.9 Å². The standard InChI is InChI=1S/C26H20Cl2N2O5/c1-33-25(31)22-23(29-30(24(22)26(32)34-2)19-6-4-3-5-7-19)16-9-12-20(13-10-16)35-15-17-8-11-18(27)14-21(17)28/h3-14H,15H2,1-2H3. The third kappa shape index (κ3) is 5.16. The van der Waals surface area contributed by atoms with Crippen LogP contribution in [0.4, 0.5) is 0 Å². The summed E-state index contributed by atoms with van der Waals surface area (Å²) in [6, 6.07) is 21.1. The lowest BCUT2D eigenvalue weighted by Crippen LogP contribution is -2.15. The second-order valence-corrected chi connectivity index (χ2v) is 8.20. The minimum absolute atomic E-state index is 0.00446. The van der Waals surface area contributed by atoms with Gasteiger partial charge in [0.05, 0.1) is 19.9 Å². The Morgan fingerprint density at radius 3 is 2.20 bits per heavy atom. The van der Waals surface area contributed by atoms with Crippen molar-refractivity contribution < 1.29 is 23.8 Å². The number of carbonyl (C=O) groups excluding carboxylic acids is 2. The van der Waals surface area contributed by atoms with Gasteiger partial charge in [0.15, 0.2) is 5.69 Å². The van der Waals surface area contributed by atoms with E-state index in [9.17, 15) is 9.59 Å². The number of halogens is 2. The average molecular weight is 511 g/mol. The van der Waals surface area contributed by atoms with Crippen LogP contribution in [0.15, 0.2) is 72.8 Å². The second-order valence-electron chi connectivity index (χ2n) is 7.35. The van der Waals surface area contributed by atoms with Crippen molar-refractivity contribution in [2.45, 2.75) is 6.61 Å². The van der Waals surface area contributed by atoms with Crippen LogP contribution in [-0.4, -0.2) is 35.9 Å². The van der Waals surface area contributed by atoms with Crippen molar-refractivity contribution in [3.8, 4) is 22.7 Å². The monoisotopic (exact) mass is 510 g/mol. The number of benzene rings is 3. The Kier molecular flexibility index (Phi) is 7.39. The van der Waals surface area contributed by atoms with Crippen LogP contribution in [0.3, 0.4) is 0 Å². The summed E-state index contributed by atoms with van der Waals surface area (Å²) in [5.74, 6) is -0.844. The maximum absolute atomic E-state index is 12.7. The fraction of sp³-hybridized carbons (Fsp3) is 0.115. The first-order valence-corrected chi connectivity index (χ1v) is 11.2. The number of ether oxygens (including phenoxy) is 3. The summed E-state index contributed by atoms with van der Waals surface area (Å²) in [7, 11) is 2.48. The molecule has 0 atom stereocenters. The molecule has 0 unspecified atom stereocenters. The molecule has 7 nitrogen and oxygen atoms in total. The summed E-state index contributed by atoms with van der Waals surface area (Å²) in [6.45, 7) is 0.248. The van der Waals surface area contributed by atoms with E-state index in [4.69, 9.17) is 37.4 Å². The van der Waals surface area contributed by atoms with Gasteiger partial charge in [-0.15, -0.1) is 0 Å². The summed E-state index contributed by atoms with van der Waals surface area (Å²) in [4.78, 5) is 25.4. The molecule has 0 radical (unpaired) electrons. The third-order valence-corrected chi connectivity index (χ3v) is 5.78. The Hall–Kier alpha value is -3.81. The molecule has 0 amide bonds. The lowest BCUT2D eigenvalue weighted by atomic mass is 10.1. The van der Waals surface area contributed by atoms with Gasteiger partial charge >= 0.3 is 11.9 Å². The highest BCUT2D eigenvalue weighted by Crippen LogP contribution is 2.31. The third-order valence-electron chi connectivity index (χ3n) is 5.19.